The Labute approximate surface area is 90.5 Å². The molecule has 0 aromatic heterocycles. The van der Waals surface area contributed by atoms with Crippen LogP contribution in [0.2, 0.25) is 0 Å². The summed E-state index contributed by atoms with van der Waals surface area (Å²) in [6, 6.07) is 10.3. The summed E-state index contributed by atoms with van der Waals surface area (Å²) in [5.74, 6) is 0. The minimum absolute atomic E-state index is 0.137. The van der Waals surface area contributed by atoms with E-state index in [1.807, 2.05) is 18.2 Å². The quantitative estimate of drug-likeness (QED) is 0.670. The smallest absolute Gasteiger partial charge is 0.130 e. The van der Waals surface area contributed by atoms with Gasteiger partial charge in [0.05, 0.1) is 5.41 Å². The first kappa shape index (κ1) is 9.14. The number of aldehydes is 1. The fourth-order valence-corrected chi connectivity index (χ4v) is 3.44. The Bertz CT molecular complexity index is 368. The molecule has 0 heterocycles. The van der Waals surface area contributed by atoms with Gasteiger partial charge in [0.1, 0.15) is 6.29 Å². The van der Waals surface area contributed by atoms with Gasteiger partial charge in [0, 0.05) is 0 Å². The molecule has 1 heteroatoms. The molecule has 0 radical (unpaired) electrons. The summed E-state index contributed by atoms with van der Waals surface area (Å²) in [7, 11) is 0. The Kier molecular flexibility index (Phi) is 1.79. The van der Waals surface area contributed by atoms with Gasteiger partial charge in [-0.25, -0.2) is 0 Å². The maximum absolute atomic E-state index is 11.3. The van der Waals surface area contributed by atoms with E-state index in [9.17, 15) is 4.79 Å². The van der Waals surface area contributed by atoms with E-state index in [-0.39, 0.29) is 5.41 Å². The van der Waals surface area contributed by atoms with Gasteiger partial charge in [0.15, 0.2) is 0 Å². The summed E-state index contributed by atoms with van der Waals surface area (Å²) in [5.41, 5.74) is 1.64. The number of hydrogen-bond acceptors (Lipinski definition) is 1. The molecule has 2 aliphatic rings. The molecular weight excluding hydrogens is 184 g/mol. The maximum atomic E-state index is 11.3. The molecular formula is C14H16O. The molecule has 1 aromatic rings. The van der Waals surface area contributed by atoms with Crippen LogP contribution in [0.25, 0.3) is 0 Å². The highest BCUT2D eigenvalue weighted by Crippen LogP contribution is 2.64. The second-order valence-corrected chi connectivity index (χ2v) is 5.35. The molecule has 0 atom stereocenters. The van der Waals surface area contributed by atoms with Crippen molar-refractivity contribution in [3.63, 3.8) is 0 Å². The second-order valence-electron chi connectivity index (χ2n) is 5.35. The average Bonchev–Trinajstić information content (AvgIpc) is 2.17. The van der Waals surface area contributed by atoms with Gasteiger partial charge in [-0.2, -0.15) is 0 Å². The van der Waals surface area contributed by atoms with Gasteiger partial charge in [-0.3, -0.25) is 0 Å². The van der Waals surface area contributed by atoms with Crippen LogP contribution >= 0.6 is 0 Å². The molecule has 2 aliphatic carbocycles. The summed E-state index contributed by atoms with van der Waals surface area (Å²) in [4.78, 5) is 11.3. The number of benzene rings is 1. The van der Waals surface area contributed by atoms with Gasteiger partial charge in [-0.05, 0) is 36.7 Å². The van der Waals surface area contributed by atoms with Crippen molar-refractivity contribution in [3.8, 4) is 0 Å². The van der Waals surface area contributed by atoms with Crippen molar-refractivity contribution < 1.29 is 4.79 Å². The van der Waals surface area contributed by atoms with E-state index in [2.05, 4.69) is 12.1 Å². The molecule has 0 bridgehead atoms. The van der Waals surface area contributed by atoms with Crippen LogP contribution in [0.3, 0.4) is 0 Å². The Morgan fingerprint density at radius 1 is 1.07 bits per heavy atom. The molecule has 1 aromatic carbocycles. The molecule has 0 amide bonds. The minimum Gasteiger partial charge on any atom is -0.302 e. The third kappa shape index (κ3) is 1.19. The molecule has 2 fully saturated rings. The average molecular weight is 200 g/mol. The Morgan fingerprint density at radius 2 is 1.73 bits per heavy atom. The molecule has 2 saturated carbocycles. The van der Waals surface area contributed by atoms with E-state index >= 15 is 0 Å². The third-order valence-corrected chi connectivity index (χ3v) is 4.37. The standard InChI is InChI=1S/C14H16O/c15-11-14(12-5-2-1-3-6-12)9-13(10-14)7-4-8-13/h1-3,5-6,11H,4,7-10H2. The zero-order valence-corrected chi connectivity index (χ0v) is 8.91. The number of carbonyl (C=O) groups is 1. The second kappa shape index (κ2) is 2.94. The van der Waals surface area contributed by atoms with E-state index < -0.39 is 0 Å². The van der Waals surface area contributed by atoms with Crippen LogP contribution < -0.4 is 0 Å². The van der Waals surface area contributed by atoms with Crippen molar-refractivity contribution in [1.82, 2.24) is 0 Å². The highest BCUT2D eigenvalue weighted by Gasteiger charge is 2.57. The largest absolute Gasteiger partial charge is 0.302 e. The number of carbonyl (C=O) groups excluding carboxylic acids is 1. The zero-order chi connectivity index (χ0) is 10.4. The van der Waals surface area contributed by atoms with E-state index in [0.29, 0.717) is 5.41 Å². The molecule has 0 saturated heterocycles. The molecule has 78 valence electrons. The van der Waals surface area contributed by atoms with Crippen molar-refractivity contribution >= 4 is 6.29 Å². The third-order valence-electron chi connectivity index (χ3n) is 4.37. The lowest BCUT2D eigenvalue weighted by Crippen LogP contribution is -2.54. The van der Waals surface area contributed by atoms with E-state index in [4.69, 9.17) is 0 Å². The molecule has 0 N–H and O–H groups in total. The van der Waals surface area contributed by atoms with Crippen molar-refractivity contribution in [2.45, 2.75) is 37.5 Å². The minimum atomic E-state index is -0.137. The molecule has 0 aliphatic heterocycles. The number of hydrogen-bond donors (Lipinski definition) is 0. The highest BCUT2D eigenvalue weighted by atomic mass is 16.1. The molecule has 1 spiro atoms. The van der Waals surface area contributed by atoms with Crippen LogP contribution in [0.5, 0.6) is 0 Å². The highest BCUT2D eigenvalue weighted by molar-refractivity contribution is 5.71. The number of rotatable bonds is 2. The molecule has 3 rings (SSSR count). The van der Waals surface area contributed by atoms with Crippen LogP contribution in [0.4, 0.5) is 0 Å². The molecule has 0 unspecified atom stereocenters. The van der Waals surface area contributed by atoms with Gasteiger partial charge >= 0.3 is 0 Å². The molecule has 15 heavy (non-hydrogen) atoms. The van der Waals surface area contributed by atoms with Crippen LogP contribution in [-0.4, -0.2) is 6.29 Å². The fourth-order valence-electron chi connectivity index (χ4n) is 3.44. The van der Waals surface area contributed by atoms with Crippen LogP contribution in [0.15, 0.2) is 30.3 Å². The van der Waals surface area contributed by atoms with Gasteiger partial charge in [0.25, 0.3) is 0 Å². The van der Waals surface area contributed by atoms with Crippen LogP contribution in [0, 0.1) is 5.41 Å². The fraction of sp³-hybridized carbons (Fsp3) is 0.500. The first-order valence-corrected chi connectivity index (χ1v) is 5.81. The van der Waals surface area contributed by atoms with Gasteiger partial charge in [-0.15, -0.1) is 0 Å². The normalized spacial score (nSPS) is 25.3. The van der Waals surface area contributed by atoms with Crippen molar-refractivity contribution in [3.05, 3.63) is 35.9 Å². The van der Waals surface area contributed by atoms with Crippen LogP contribution in [0.1, 0.15) is 37.7 Å². The lowest BCUT2D eigenvalue weighted by atomic mass is 9.44. The van der Waals surface area contributed by atoms with Crippen LogP contribution in [-0.2, 0) is 10.2 Å². The van der Waals surface area contributed by atoms with Gasteiger partial charge in [-0.1, -0.05) is 36.8 Å². The summed E-state index contributed by atoms with van der Waals surface area (Å²) < 4.78 is 0. The lowest BCUT2D eigenvalue weighted by molar-refractivity contribution is -0.127. The summed E-state index contributed by atoms with van der Waals surface area (Å²) in [6.07, 6.45) is 7.42. The van der Waals surface area contributed by atoms with Crippen molar-refractivity contribution in [2.75, 3.05) is 0 Å². The predicted octanol–water partition coefficient (Wildman–Crippen LogP) is 3.09. The van der Waals surface area contributed by atoms with Crippen molar-refractivity contribution in [2.24, 2.45) is 5.41 Å². The Hall–Kier alpha value is -1.11. The Balaban J connectivity index is 1.87. The Morgan fingerprint density at radius 3 is 2.20 bits per heavy atom. The van der Waals surface area contributed by atoms with Gasteiger partial charge < -0.3 is 4.79 Å². The molecule has 1 nitrogen and oxygen atoms in total. The van der Waals surface area contributed by atoms with E-state index in [1.54, 1.807) is 0 Å². The maximum Gasteiger partial charge on any atom is 0.130 e. The van der Waals surface area contributed by atoms with Gasteiger partial charge in [0.2, 0.25) is 0 Å². The topological polar surface area (TPSA) is 17.1 Å². The van der Waals surface area contributed by atoms with Crippen molar-refractivity contribution in [1.29, 1.82) is 0 Å². The first-order chi connectivity index (χ1) is 7.29. The summed E-state index contributed by atoms with van der Waals surface area (Å²) in [5, 5.41) is 0. The van der Waals surface area contributed by atoms with E-state index in [0.717, 1.165) is 12.8 Å². The predicted molar refractivity (Wildman–Crippen MR) is 59.7 cm³/mol. The first-order valence-electron chi connectivity index (χ1n) is 5.81. The zero-order valence-electron chi connectivity index (χ0n) is 8.91. The van der Waals surface area contributed by atoms with E-state index in [1.165, 1.54) is 31.1 Å². The summed E-state index contributed by atoms with van der Waals surface area (Å²) in [6.45, 7) is 0. The monoisotopic (exact) mass is 200 g/mol. The SMILES string of the molecule is O=CC1(c2ccccc2)CC2(CCC2)C1. The summed E-state index contributed by atoms with van der Waals surface area (Å²) >= 11 is 0. The lowest BCUT2D eigenvalue weighted by Gasteiger charge is -2.59.